The first-order valence-electron chi connectivity index (χ1n) is 6.33. The monoisotopic (exact) mass is 299 g/mol. The van der Waals surface area contributed by atoms with Gasteiger partial charge in [-0.15, -0.1) is 0 Å². The van der Waals surface area contributed by atoms with E-state index in [1.165, 1.54) is 26.0 Å². The molecule has 1 amide bonds. The van der Waals surface area contributed by atoms with Gasteiger partial charge in [-0.3, -0.25) is 4.79 Å². The van der Waals surface area contributed by atoms with Crippen LogP contribution in [-0.4, -0.2) is 36.3 Å². The fourth-order valence-corrected chi connectivity index (χ4v) is 2.26. The Hall–Kier alpha value is -1.08. The van der Waals surface area contributed by atoms with E-state index in [1.54, 1.807) is 0 Å². The summed E-state index contributed by atoms with van der Waals surface area (Å²) in [5.74, 6) is -0.986. The van der Waals surface area contributed by atoms with Crippen molar-refractivity contribution < 1.29 is 19.4 Å². The van der Waals surface area contributed by atoms with E-state index in [2.05, 4.69) is 5.32 Å². The molecule has 0 atom stereocenters. The van der Waals surface area contributed by atoms with E-state index in [-0.39, 0.29) is 5.24 Å². The number of anilines is 1. The predicted molar refractivity (Wildman–Crippen MR) is 80.9 cm³/mol. The number of rotatable bonds is 7. The normalized spacial score (nSPS) is 11.4. The molecule has 112 valence electrons. The number of hydrogen-bond donors (Lipinski definition) is 2. The Morgan fingerprint density at radius 3 is 2.60 bits per heavy atom. The average Bonchev–Trinajstić information content (AvgIpc) is 2.46. The van der Waals surface area contributed by atoms with Crippen LogP contribution in [0.4, 0.5) is 10.5 Å². The first-order valence-corrected chi connectivity index (χ1v) is 7.31. The van der Waals surface area contributed by atoms with Gasteiger partial charge >= 0.3 is 0 Å². The van der Waals surface area contributed by atoms with Gasteiger partial charge in [-0.2, -0.15) is 0 Å². The first-order chi connectivity index (χ1) is 9.50. The number of nitrogens with one attached hydrogen (secondary N) is 1. The Morgan fingerprint density at radius 2 is 2.00 bits per heavy atom. The fourth-order valence-electron chi connectivity index (χ4n) is 1.61. The van der Waals surface area contributed by atoms with E-state index in [1.807, 2.05) is 31.2 Å². The average molecular weight is 299 g/mol. The Kier molecular flexibility index (Phi) is 7.01. The lowest BCUT2D eigenvalue weighted by molar-refractivity contribution is -0.342. The molecular formula is C14H21NO4S. The van der Waals surface area contributed by atoms with Crippen molar-refractivity contribution in [1.82, 2.24) is 0 Å². The summed E-state index contributed by atoms with van der Waals surface area (Å²) >= 11 is 1.17. The Balaban J connectivity index is 2.29. The van der Waals surface area contributed by atoms with E-state index >= 15 is 0 Å². The van der Waals surface area contributed by atoms with Crippen molar-refractivity contribution in [2.24, 2.45) is 0 Å². The molecule has 0 radical (unpaired) electrons. The lowest BCUT2D eigenvalue weighted by Crippen LogP contribution is -2.33. The van der Waals surface area contributed by atoms with E-state index in [0.717, 1.165) is 11.3 Å². The molecule has 0 unspecified atom stereocenters. The zero-order valence-corrected chi connectivity index (χ0v) is 12.8. The SMILES string of the molecule is COC(O)(CCCSC(=O)Nc1ccccc1C)OC. The van der Waals surface area contributed by atoms with Gasteiger partial charge in [0, 0.05) is 32.1 Å². The highest BCUT2D eigenvalue weighted by Gasteiger charge is 2.24. The van der Waals surface area contributed by atoms with Gasteiger partial charge in [-0.25, -0.2) is 0 Å². The Morgan fingerprint density at radius 1 is 1.35 bits per heavy atom. The Labute approximate surface area is 123 Å². The lowest BCUT2D eigenvalue weighted by Gasteiger charge is -2.23. The summed E-state index contributed by atoms with van der Waals surface area (Å²) in [6.07, 6.45) is 0.911. The minimum absolute atomic E-state index is 0.113. The van der Waals surface area contributed by atoms with Crippen molar-refractivity contribution in [1.29, 1.82) is 0 Å². The quantitative estimate of drug-likeness (QED) is 0.598. The maximum atomic E-state index is 11.8. The summed E-state index contributed by atoms with van der Waals surface area (Å²) in [6, 6.07) is 7.61. The summed E-state index contributed by atoms with van der Waals surface area (Å²) < 4.78 is 9.66. The zero-order chi connectivity index (χ0) is 15.0. The third-order valence-corrected chi connectivity index (χ3v) is 3.75. The maximum absolute atomic E-state index is 11.8. The maximum Gasteiger partial charge on any atom is 0.283 e. The molecule has 1 aromatic carbocycles. The molecule has 2 N–H and O–H groups in total. The second-order valence-corrected chi connectivity index (χ2v) is 5.37. The van der Waals surface area contributed by atoms with Gasteiger partial charge in [-0.1, -0.05) is 30.0 Å². The molecule has 0 bridgehead atoms. The third kappa shape index (κ3) is 5.50. The van der Waals surface area contributed by atoms with Gasteiger partial charge in [0.25, 0.3) is 11.2 Å². The van der Waals surface area contributed by atoms with Crippen molar-refractivity contribution in [3.05, 3.63) is 29.8 Å². The predicted octanol–water partition coefficient (Wildman–Crippen LogP) is 2.98. The summed E-state index contributed by atoms with van der Waals surface area (Å²) in [6.45, 7) is 1.94. The van der Waals surface area contributed by atoms with Crippen molar-refractivity contribution in [3.8, 4) is 0 Å². The van der Waals surface area contributed by atoms with Gasteiger partial charge < -0.3 is 19.9 Å². The second-order valence-electron chi connectivity index (χ2n) is 4.30. The molecule has 0 heterocycles. The lowest BCUT2D eigenvalue weighted by atomic mass is 10.2. The van der Waals surface area contributed by atoms with Gasteiger partial charge in [-0.05, 0) is 25.0 Å². The molecule has 0 saturated heterocycles. The minimum atomic E-state index is -1.56. The number of carbonyl (C=O) groups is 1. The molecule has 0 aliphatic carbocycles. The number of aryl methyl sites for hydroxylation is 1. The van der Waals surface area contributed by atoms with Crippen LogP contribution in [-0.2, 0) is 9.47 Å². The van der Waals surface area contributed by atoms with Crippen LogP contribution in [0.1, 0.15) is 18.4 Å². The number of aliphatic hydroxyl groups is 1. The number of para-hydroxylation sites is 1. The molecule has 1 aromatic rings. The Bertz CT molecular complexity index is 435. The van der Waals surface area contributed by atoms with Crippen LogP contribution in [0.3, 0.4) is 0 Å². The van der Waals surface area contributed by atoms with Crippen LogP contribution < -0.4 is 5.32 Å². The second kappa shape index (κ2) is 8.26. The molecule has 0 saturated carbocycles. The van der Waals surface area contributed by atoms with Crippen molar-refractivity contribution >= 4 is 22.7 Å². The topological polar surface area (TPSA) is 67.8 Å². The van der Waals surface area contributed by atoms with Crippen LogP contribution in [0.5, 0.6) is 0 Å². The van der Waals surface area contributed by atoms with Gasteiger partial charge in [0.15, 0.2) is 0 Å². The van der Waals surface area contributed by atoms with Crippen LogP contribution in [0, 0.1) is 6.92 Å². The number of methoxy groups -OCH3 is 2. The van der Waals surface area contributed by atoms with Gasteiger partial charge in [0.05, 0.1) is 0 Å². The van der Waals surface area contributed by atoms with Crippen molar-refractivity contribution in [3.63, 3.8) is 0 Å². The fraction of sp³-hybridized carbons (Fsp3) is 0.500. The molecule has 0 aliphatic heterocycles. The third-order valence-electron chi connectivity index (χ3n) is 2.89. The molecule has 0 aliphatic rings. The highest BCUT2D eigenvalue weighted by atomic mass is 32.2. The molecule has 0 spiro atoms. The number of carbonyl (C=O) groups excluding carboxylic acids is 1. The molecule has 0 fully saturated rings. The summed E-state index contributed by atoms with van der Waals surface area (Å²) in [7, 11) is 2.75. The van der Waals surface area contributed by atoms with E-state index < -0.39 is 5.97 Å². The summed E-state index contributed by atoms with van der Waals surface area (Å²) in [5, 5.41) is 12.4. The zero-order valence-electron chi connectivity index (χ0n) is 12.0. The molecule has 0 aromatic heterocycles. The highest BCUT2D eigenvalue weighted by Crippen LogP contribution is 2.19. The summed E-state index contributed by atoms with van der Waals surface area (Å²) in [5.41, 5.74) is 1.84. The largest absolute Gasteiger partial charge is 0.343 e. The number of ether oxygens (including phenoxy) is 2. The van der Waals surface area contributed by atoms with Crippen LogP contribution >= 0.6 is 11.8 Å². The molecular weight excluding hydrogens is 278 g/mol. The van der Waals surface area contributed by atoms with E-state index in [4.69, 9.17) is 9.47 Å². The van der Waals surface area contributed by atoms with Gasteiger partial charge in [0.1, 0.15) is 0 Å². The van der Waals surface area contributed by atoms with Gasteiger partial charge in [0.2, 0.25) is 0 Å². The molecule has 6 heteroatoms. The molecule has 1 rings (SSSR count). The van der Waals surface area contributed by atoms with Crippen LogP contribution in [0.2, 0.25) is 0 Å². The standard InChI is InChI=1S/C14H21NO4S/c1-11-7-4-5-8-12(11)15-13(16)20-10-6-9-14(17,18-2)19-3/h4-5,7-8,17H,6,9-10H2,1-3H3,(H,15,16). The number of thioether (sulfide) groups is 1. The van der Waals surface area contributed by atoms with E-state index in [9.17, 15) is 9.90 Å². The van der Waals surface area contributed by atoms with Crippen LogP contribution in [0.25, 0.3) is 0 Å². The highest BCUT2D eigenvalue weighted by molar-refractivity contribution is 8.13. The van der Waals surface area contributed by atoms with Crippen LogP contribution in [0.15, 0.2) is 24.3 Å². The van der Waals surface area contributed by atoms with Crippen molar-refractivity contribution in [2.45, 2.75) is 25.7 Å². The number of benzene rings is 1. The molecule has 20 heavy (non-hydrogen) atoms. The smallest absolute Gasteiger partial charge is 0.283 e. The number of amides is 1. The first kappa shape index (κ1) is 17.0. The van der Waals surface area contributed by atoms with Crippen molar-refractivity contribution in [2.75, 3.05) is 25.3 Å². The summed E-state index contributed by atoms with van der Waals surface area (Å²) in [4.78, 5) is 11.8. The van der Waals surface area contributed by atoms with E-state index in [0.29, 0.717) is 18.6 Å². The number of hydrogen-bond acceptors (Lipinski definition) is 5. The molecule has 5 nitrogen and oxygen atoms in total. The minimum Gasteiger partial charge on any atom is -0.343 e.